The molecule has 12 heteroatoms. The van der Waals surface area contributed by atoms with Crippen molar-refractivity contribution in [3.63, 3.8) is 0 Å². The minimum absolute atomic E-state index is 0.112. The summed E-state index contributed by atoms with van der Waals surface area (Å²) in [6, 6.07) is 20.6. The zero-order chi connectivity index (χ0) is 26.6. The van der Waals surface area contributed by atoms with E-state index in [1.807, 2.05) is 0 Å². The SMILES string of the molecule is CN(C)S(=O)(=O)c1ccc(OCCNC(=O)[C@H]2CN(S(=O)(=O)c3ccccc3)c3ccccc3O2)cc1. The number of ether oxygens (including phenoxy) is 2. The number of carbonyl (C=O) groups is 1. The zero-order valence-corrected chi connectivity index (χ0v) is 21.9. The van der Waals surface area contributed by atoms with E-state index in [2.05, 4.69) is 5.32 Å². The summed E-state index contributed by atoms with van der Waals surface area (Å²) in [6.07, 6.45) is -1.07. The van der Waals surface area contributed by atoms with Crippen LogP contribution >= 0.6 is 0 Å². The Kier molecular flexibility index (Phi) is 7.71. The summed E-state index contributed by atoms with van der Waals surface area (Å²) in [7, 11) is -4.55. The average Bonchev–Trinajstić information content (AvgIpc) is 2.91. The number of rotatable bonds is 9. The van der Waals surface area contributed by atoms with Gasteiger partial charge in [0.2, 0.25) is 10.0 Å². The predicted molar refractivity (Wildman–Crippen MR) is 138 cm³/mol. The highest BCUT2D eigenvalue weighted by Crippen LogP contribution is 2.36. The highest BCUT2D eigenvalue weighted by atomic mass is 32.2. The molecule has 0 aromatic heterocycles. The van der Waals surface area contributed by atoms with Crippen LogP contribution in [0.5, 0.6) is 11.5 Å². The molecule has 1 heterocycles. The van der Waals surface area contributed by atoms with Crippen LogP contribution in [0, 0.1) is 0 Å². The van der Waals surface area contributed by atoms with Crippen LogP contribution < -0.4 is 19.1 Å². The van der Waals surface area contributed by atoms with E-state index in [1.165, 1.54) is 54.8 Å². The molecule has 0 unspecified atom stereocenters. The molecule has 4 rings (SSSR count). The summed E-state index contributed by atoms with van der Waals surface area (Å²) >= 11 is 0. The zero-order valence-electron chi connectivity index (χ0n) is 20.3. The Morgan fingerprint density at radius 2 is 1.59 bits per heavy atom. The molecule has 0 spiro atoms. The topological polar surface area (TPSA) is 122 Å². The molecule has 37 heavy (non-hydrogen) atoms. The van der Waals surface area contributed by atoms with Crippen molar-refractivity contribution in [3.8, 4) is 11.5 Å². The number of hydrogen-bond acceptors (Lipinski definition) is 7. The molecule has 0 saturated carbocycles. The second-order valence-electron chi connectivity index (χ2n) is 8.32. The van der Waals surface area contributed by atoms with E-state index < -0.39 is 32.1 Å². The monoisotopic (exact) mass is 545 g/mol. The first-order valence-electron chi connectivity index (χ1n) is 11.4. The van der Waals surface area contributed by atoms with Crippen molar-refractivity contribution in [2.75, 3.05) is 38.1 Å². The third-order valence-corrected chi connectivity index (χ3v) is 9.25. The third-order valence-electron chi connectivity index (χ3n) is 5.63. The molecular formula is C25H27N3O7S2. The summed E-state index contributed by atoms with van der Waals surface area (Å²) in [6.45, 7) is 0.0487. The van der Waals surface area contributed by atoms with Gasteiger partial charge in [-0.2, -0.15) is 0 Å². The van der Waals surface area contributed by atoms with Crippen molar-refractivity contribution in [3.05, 3.63) is 78.9 Å². The first-order valence-corrected chi connectivity index (χ1v) is 14.3. The summed E-state index contributed by atoms with van der Waals surface area (Å²) in [4.78, 5) is 13.1. The number of para-hydroxylation sites is 2. The van der Waals surface area contributed by atoms with Crippen molar-refractivity contribution in [2.24, 2.45) is 0 Å². The second-order valence-corrected chi connectivity index (χ2v) is 12.3. The highest BCUT2D eigenvalue weighted by Gasteiger charge is 2.37. The van der Waals surface area contributed by atoms with E-state index in [0.29, 0.717) is 11.4 Å². The van der Waals surface area contributed by atoms with Crippen LogP contribution in [0.2, 0.25) is 0 Å². The molecule has 0 fully saturated rings. The molecule has 1 aliphatic rings. The maximum Gasteiger partial charge on any atom is 0.264 e. The fraction of sp³-hybridized carbons (Fsp3) is 0.240. The van der Waals surface area contributed by atoms with Gasteiger partial charge in [-0.3, -0.25) is 9.10 Å². The number of sulfonamides is 2. The summed E-state index contributed by atoms with van der Waals surface area (Å²) in [5.74, 6) is 0.242. The molecular weight excluding hydrogens is 518 g/mol. The van der Waals surface area contributed by atoms with Crippen LogP contribution in [-0.4, -0.2) is 66.9 Å². The lowest BCUT2D eigenvalue weighted by Gasteiger charge is -2.34. The Bertz CT molecular complexity index is 1460. The number of carbonyl (C=O) groups excluding carboxylic acids is 1. The number of benzene rings is 3. The van der Waals surface area contributed by atoms with Crippen LogP contribution in [0.3, 0.4) is 0 Å². The minimum atomic E-state index is -3.92. The molecule has 10 nitrogen and oxygen atoms in total. The van der Waals surface area contributed by atoms with Gasteiger partial charge in [0.25, 0.3) is 15.9 Å². The van der Waals surface area contributed by atoms with Crippen LogP contribution in [-0.2, 0) is 24.8 Å². The molecule has 0 bridgehead atoms. The Morgan fingerprint density at radius 3 is 2.27 bits per heavy atom. The van der Waals surface area contributed by atoms with Gasteiger partial charge in [0.05, 0.1) is 28.6 Å². The number of amides is 1. The van der Waals surface area contributed by atoms with E-state index in [9.17, 15) is 21.6 Å². The van der Waals surface area contributed by atoms with E-state index in [4.69, 9.17) is 9.47 Å². The van der Waals surface area contributed by atoms with Gasteiger partial charge < -0.3 is 14.8 Å². The maximum absolute atomic E-state index is 13.3. The Morgan fingerprint density at radius 1 is 0.946 bits per heavy atom. The number of fused-ring (bicyclic) bond motifs is 1. The van der Waals surface area contributed by atoms with Gasteiger partial charge >= 0.3 is 0 Å². The fourth-order valence-corrected chi connectivity index (χ4v) is 6.06. The Balaban J connectivity index is 1.38. The van der Waals surface area contributed by atoms with Crippen LogP contribution in [0.15, 0.2) is 88.7 Å². The lowest BCUT2D eigenvalue weighted by atomic mass is 10.2. The lowest BCUT2D eigenvalue weighted by molar-refractivity contribution is -0.127. The molecule has 0 radical (unpaired) electrons. The summed E-state index contributed by atoms with van der Waals surface area (Å²) < 4.78 is 64.7. The smallest absolute Gasteiger partial charge is 0.264 e. The molecule has 0 saturated heterocycles. The first-order chi connectivity index (χ1) is 17.6. The largest absolute Gasteiger partial charge is 0.492 e. The van der Waals surface area contributed by atoms with Gasteiger partial charge in [-0.1, -0.05) is 30.3 Å². The molecule has 3 aromatic rings. The highest BCUT2D eigenvalue weighted by molar-refractivity contribution is 7.92. The van der Waals surface area contributed by atoms with Crippen LogP contribution in [0.1, 0.15) is 0 Å². The number of nitrogens with zero attached hydrogens (tertiary/aromatic N) is 2. The van der Waals surface area contributed by atoms with Crippen LogP contribution in [0.4, 0.5) is 5.69 Å². The quantitative estimate of drug-likeness (QED) is 0.409. The Hall–Kier alpha value is -3.61. The van der Waals surface area contributed by atoms with Gasteiger partial charge in [0.1, 0.15) is 18.1 Å². The van der Waals surface area contributed by atoms with Gasteiger partial charge in [0, 0.05) is 14.1 Å². The fourth-order valence-electron chi connectivity index (χ4n) is 3.66. The number of anilines is 1. The van der Waals surface area contributed by atoms with Crippen molar-refractivity contribution >= 4 is 31.6 Å². The second kappa shape index (κ2) is 10.8. The molecule has 1 atom stereocenters. The molecule has 0 aliphatic carbocycles. The minimum Gasteiger partial charge on any atom is -0.492 e. The predicted octanol–water partition coefficient (Wildman–Crippen LogP) is 2.09. The third kappa shape index (κ3) is 5.71. The number of nitrogens with one attached hydrogen (secondary N) is 1. The molecule has 1 N–H and O–H groups in total. The van der Waals surface area contributed by atoms with E-state index in [0.717, 1.165) is 4.31 Å². The normalized spacial score (nSPS) is 15.5. The van der Waals surface area contributed by atoms with Crippen molar-refractivity contribution < 1.29 is 31.1 Å². The van der Waals surface area contributed by atoms with Gasteiger partial charge in [-0.05, 0) is 48.5 Å². The van der Waals surface area contributed by atoms with Crippen LogP contribution in [0.25, 0.3) is 0 Å². The van der Waals surface area contributed by atoms with Crippen molar-refractivity contribution in [1.82, 2.24) is 9.62 Å². The number of hydrogen-bond donors (Lipinski definition) is 1. The van der Waals surface area contributed by atoms with Crippen molar-refractivity contribution in [1.29, 1.82) is 0 Å². The van der Waals surface area contributed by atoms with Gasteiger partial charge in [-0.25, -0.2) is 21.1 Å². The maximum atomic E-state index is 13.3. The first kappa shape index (κ1) is 26.5. The van der Waals surface area contributed by atoms with E-state index >= 15 is 0 Å². The van der Waals surface area contributed by atoms with Crippen molar-refractivity contribution in [2.45, 2.75) is 15.9 Å². The molecule has 196 valence electrons. The van der Waals surface area contributed by atoms with Gasteiger partial charge in [0.15, 0.2) is 6.10 Å². The molecule has 1 amide bonds. The Labute approximate surface area is 216 Å². The van der Waals surface area contributed by atoms with E-state index in [1.54, 1.807) is 42.5 Å². The summed E-state index contributed by atoms with van der Waals surface area (Å²) in [5, 5.41) is 2.70. The summed E-state index contributed by atoms with van der Waals surface area (Å²) in [5.41, 5.74) is 0.360. The average molecular weight is 546 g/mol. The molecule has 1 aliphatic heterocycles. The van der Waals surface area contributed by atoms with E-state index in [-0.39, 0.29) is 35.2 Å². The molecule has 3 aromatic carbocycles. The van der Waals surface area contributed by atoms with Gasteiger partial charge in [-0.15, -0.1) is 0 Å². The lowest BCUT2D eigenvalue weighted by Crippen LogP contribution is -2.51. The standard InChI is InChI=1S/C25H27N3O7S2/c1-27(2)36(30,31)21-14-12-19(13-15-21)34-17-16-26-25(29)24-18-28(22-10-6-7-11-23(22)35-24)37(32,33)20-8-4-3-5-9-20/h3-15,24H,16-18H2,1-2H3,(H,26,29)/t24-/m1/s1.